The number of carbonyl (C=O) groups excluding carboxylic acids is 2. The van der Waals surface area contributed by atoms with Crippen LogP contribution < -0.4 is 5.32 Å². The molecule has 1 aliphatic heterocycles. The quantitative estimate of drug-likeness (QED) is 0.377. The fourth-order valence-electron chi connectivity index (χ4n) is 11.6. The topological polar surface area (TPSA) is 127 Å². The largest absolute Gasteiger partial charge is 0.454 e. The first kappa shape index (κ1) is 31.4. The highest BCUT2D eigenvalue weighted by Gasteiger charge is 2.89. The number of fused-ring (bicyclic) bond motifs is 2. The number of nitrogens with zero attached hydrogens (tertiary/aromatic N) is 1. The summed E-state index contributed by atoms with van der Waals surface area (Å²) in [6.45, 7) is 4.79. The number of anilines is 1. The summed E-state index contributed by atoms with van der Waals surface area (Å²) in [4.78, 5) is 28.3. The molecule has 1 aromatic rings. The number of nitrogens with one attached hydrogen (secondary N) is 1. The molecule has 5 aliphatic carbocycles. The van der Waals surface area contributed by atoms with Crippen LogP contribution in [0.15, 0.2) is 24.3 Å². The Bertz CT molecular complexity index is 1300. The molecule has 1 spiro atoms. The zero-order valence-corrected chi connectivity index (χ0v) is 27.3. The van der Waals surface area contributed by atoms with E-state index in [1.807, 2.05) is 0 Å². The minimum Gasteiger partial charge on any atom is -0.454 e. The molecule has 7 bridgehead atoms. The van der Waals surface area contributed by atoms with E-state index in [9.17, 15) is 19.8 Å². The lowest BCUT2D eigenvalue weighted by atomic mass is 9.44. The Morgan fingerprint density at radius 3 is 2.47 bits per heavy atom. The van der Waals surface area contributed by atoms with Gasteiger partial charge in [0.1, 0.15) is 16.8 Å². The number of carbonyl (C=O) groups is 2. The third-order valence-corrected chi connectivity index (χ3v) is 12.6. The fourth-order valence-corrected chi connectivity index (χ4v) is 11.6. The van der Waals surface area contributed by atoms with E-state index < -0.39 is 34.3 Å². The summed E-state index contributed by atoms with van der Waals surface area (Å²) in [5.41, 5.74) is -3.57. The average Bonchev–Trinajstić information content (AvgIpc) is 3.39. The van der Waals surface area contributed by atoms with Crippen molar-refractivity contribution in [2.45, 2.75) is 87.1 Å². The molecule has 238 valence electrons. The van der Waals surface area contributed by atoms with Crippen molar-refractivity contribution in [1.82, 2.24) is 4.90 Å². The van der Waals surface area contributed by atoms with E-state index in [1.165, 1.54) is 6.92 Å². The van der Waals surface area contributed by atoms with Gasteiger partial charge >= 0.3 is 5.97 Å². The summed E-state index contributed by atoms with van der Waals surface area (Å²) in [5.74, 6) is -1.54. The SMILES string of the molecule is Br.CCN1C[C@]2(OC(=O)c3ccccc3NC(C)=O)CC[C@@H](OC)[C@]34C1[C@@H](C[C@H]23)[C@@]1(O)C[C@H](OC)[C@H]2C[C@H]4[C@]1(O)[C@H]2OC. The molecule has 3 N–H and O–H groups in total. The number of hydrogen-bond acceptors (Lipinski definition) is 9. The maximum atomic E-state index is 14.0. The van der Waals surface area contributed by atoms with Gasteiger partial charge in [-0.25, -0.2) is 4.79 Å². The van der Waals surface area contributed by atoms with Gasteiger partial charge in [0.2, 0.25) is 5.91 Å². The van der Waals surface area contributed by atoms with E-state index in [2.05, 4.69) is 17.1 Å². The second-order valence-electron chi connectivity index (χ2n) is 13.7. The van der Waals surface area contributed by atoms with Crippen LogP contribution >= 0.6 is 17.0 Å². The van der Waals surface area contributed by atoms with Crippen LogP contribution in [0.3, 0.4) is 0 Å². The van der Waals surface area contributed by atoms with Gasteiger partial charge < -0.3 is 34.5 Å². The fraction of sp³-hybridized carbons (Fsp3) is 0.750. The number of aliphatic hydroxyl groups is 2. The number of rotatable bonds is 7. The molecule has 7 rings (SSSR count). The zero-order chi connectivity index (χ0) is 29.8. The number of likely N-dealkylation sites (tertiary alicyclic amines) is 1. The van der Waals surface area contributed by atoms with Crippen LogP contribution in [0.1, 0.15) is 56.3 Å². The number of esters is 1. The number of benzene rings is 1. The summed E-state index contributed by atoms with van der Waals surface area (Å²) < 4.78 is 25.1. The molecule has 10 nitrogen and oxygen atoms in total. The Labute approximate surface area is 263 Å². The van der Waals surface area contributed by atoms with Crippen LogP contribution in [-0.4, -0.2) is 103 Å². The highest BCUT2D eigenvalue weighted by atomic mass is 79.9. The molecule has 1 amide bonds. The van der Waals surface area contributed by atoms with Gasteiger partial charge in [0, 0.05) is 76.3 Å². The van der Waals surface area contributed by atoms with E-state index >= 15 is 0 Å². The third-order valence-electron chi connectivity index (χ3n) is 12.6. The Hall–Kier alpha value is -1.60. The van der Waals surface area contributed by atoms with Crippen molar-refractivity contribution in [3.63, 3.8) is 0 Å². The minimum atomic E-state index is -1.48. The first-order valence-electron chi connectivity index (χ1n) is 15.4. The van der Waals surface area contributed by atoms with Gasteiger partial charge in [-0.1, -0.05) is 19.1 Å². The second kappa shape index (κ2) is 10.5. The molecule has 12 atom stereocenters. The summed E-state index contributed by atoms with van der Waals surface area (Å²) in [6.07, 6.45) is 1.91. The summed E-state index contributed by atoms with van der Waals surface area (Å²) in [6, 6.07) is 6.89. The first-order chi connectivity index (χ1) is 20.1. The predicted molar refractivity (Wildman–Crippen MR) is 162 cm³/mol. The van der Waals surface area contributed by atoms with Gasteiger partial charge in [0.25, 0.3) is 0 Å². The van der Waals surface area contributed by atoms with E-state index in [0.29, 0.717) is 56.4 Å². The maximum absolute atomic E-state index is 14.0. The number of hydrogen-bond donors (Lipinski definition) is 3. The van der Waals surface area contributed by atoms with Crippen molar-refractivity contribution in [2.75, 3.05) is 39.7 Å². The van der Waals surface area contributed by atoms with Crippen LogP contribution in [0.2, 0.25) is 0 Å². The maximum Gasteiger partial charge on any atom is 0.340 e. The van der Waals surface area contributed by atoms with Gasteiger partial charge in [-0.2, -0.15) is 0 Å². The van der Waals surface area contributed by atoms with Crippen molar-refractivity contribution >= 4 is 34.5 Å². The third kappa shape index (κ3) is 3.67. The highest BCUT2D eigenvalue weighted by molar-refractivity contribution is 8.93. The Balaban J connectivity index is 0.00000329. The van der Waals surface area contributed by atoms with E-state index in [0.717, 1.165) is 0 Å². The number of piperidine rings is 1. The lowest BCUT2D eigenvalue weighted by Gasteiger charge is -2.70. The number of methoxy groups -OCH3 is 3. The Kier molecular flexibility index (Phi) is 7.64. The smallest absolute Gasteiger partial charge is 0.340 e. The van der Waals surface area contributed by atoms with Crippen LogP contribution in [0.4, 0.5) is 5.69 Å². The molecule has 6 fully saturated rings. The van der Waals surface area contributed by atoms with Crippen molar-refractivity contribution in [3.8, 4) is 0 Å². The molecular weight excluding hydrogens is 620 g/mol. The number of ether oxygens (including phenoxy) is 4. The van der Waals surface area contributed by atoms with E-state index in [4.69, 9.17) is 18.9 Å². The van der Waals surface area contributed by atoms with Crippen LogP contribution in [0, 0.1) is 29.1 Å². The molecule has 0 aromatic heterocycles. The molecule has 0 radical (unpaired) electrons. The van der Waals surface area contributed by atoms with Gasteiger partial charge in [-0.05, 0) is 44.4 Å². The standard InChI is InChI=1S/C32H44N2O8.BrH/c1-6-34-16-29(42-28(36)18-9-7-8-10-21(18)33-17(2)35)12-11-25(40-4)31-23(29)14-20(26(31)34)30(37)15-22(39-3)19-13-24(31)32(30,38)27(19)41-5;/h7-10,19-20,22-27,37-38H,6,11-16H2,1-5H3,(H,33,35);1H/t19-,20-,22+,23-,24-,25-,26?,27+,29-,30+,31+,32+;/m1./s1. The predicted octanol–water partition coefficient (Wildman–Crippen LogP) is 2.80. The first-order valence-corrected chi connectivity index (χ1v) is 15.4. The zero-order valence-electron chi connectivity index (χ0n) is 25.6. The molecule has 1 unspecified atom stereocenters. The van der Waals surface area contributed by atoms with Crippen molar-refractivity contribution in [3.05, 3.63) is 29.8 Å². The molecule has 5 saturated carbocycles. The molecule has 43 heavy (non-hydrogen) atoms. The monoisotopic (exact) mass is 664 g/mol. The van der Waals surface area contributed by atoms with Gasteiger partial charge in [0.05, 0.1) is 29.6 Å². The minimum absolute atomic E-state index is 0. The summed E-state index contributed by atoms with van der Waals surface area (Å²) >= 11 is 0. The number of likely N-dealkylation sites (N-methyl/N-ethyl adjacent to an activating group) is 1. The Morgan fingerprint density at radius 2 is 1.81 bits per heavy atom. The molecule has 6 aliphatic rings. The molecule has 1 saturated heterocycles. The van der Waals surface area contributed by atoms with Gasteiger partial charge in [-0.3, -0.25) is 9.69 Å². The van der Waals surface area contributed by atoms with Crippen LogP contribution in [-0.2, 0) is 23.7 Å². The lowest BCUT2D eigenvalue weighted by Crippen LogP contribution is -2.83. The normalized spacial score (nSPS) is 47.0. The number of halogens is 1. The number of para-hydroxylation sites is 1. The average molecular weight is 666 g/mol. The second-order valence-corrected chi connectivity index (χ2v) is 13.7. The molecule has 11 heteroatoms. The van der Waals surface area contributed by atoms with Crippen LogP contribution in [0.5, 0.6) is 0 Å². The summed E-state index contributed by atoms with van der Waals surface area (Å²) in [7, 11) is 5.05. The van der Waals surface area contributed by atoms with E-state index in [1.54, 1.807) is 45.6 Å². The molecule has 1 aromatic carbocycles. The van der Waals surface area contributed by atoms with Crippen molar-refractivity contribution < 1.29 is 38.7 Å². The van der Waals surface area contributed by atoms with Crippen molar-refractivity contribution in [1.29, 1.82) is 0 Å². The van der Waals surface area contributed by atoms with Gasteiger partial charge in [-0.15, -0.1) is 17.0 Å². The van der Waals surface area contributed by atoms with Gasteiger partial charge in [0.15, 0.2) is 0 Å². The molecular formula is C32H45BrN2O8. The Morgan fingerprint density at radius 1 is 1.07 bits per heavy atom. The van der Waals surface area contributed by atoms with Crippen molar-refractivity contribution in [2.24, 2.45) is 29.1 Å². The molecule has 1 heterocycles. The highest BCUT2D eigenvalue weighted by Crippen LogP contribution is 2.79. The van der Waals surface area contributed by atoms with Crippen LogP contribution in [0.25, 0.3) is 0 Å². The summed E-state index contributed by atoms with van der Waals surface area (Å²) in [5, 5.41) is 28.4. The number of amides is 1. The lowest BCUT2D eigenvalue weighted by molar-refractivity contribution is -0.337. The van der Waals surface area contributed by atoms with E-state index in [-0.39, 0.29) is 64.8 Å².